The Morgan fingerprint density at radius 1 is 1.30 bits per heavy atom. The summed E-state index contributed by atoms with van der Waals surface area (Å²) in [5, 5.41) is 5.39. The summed E-state index contributed by atoms with van der Waals surface area (Å²) < 4.78 is 13.5. The summed E-state index contributed by atoms with van der Waals surface area (Å²) in [5.74, 6) is 2.49. The first-order valence-corrected chi connectivity index (χ1v) is 10.1. The monoisotopic (exact) mass is 402 g/mol. The van der Waals surface area contributed by atoms with Gasteiger partial charge in [-0.1, -0.05) is 12.1 Å². The number of nitrogens with zero attached hydrogens (tertiary/aromatic N) is 3. The van der Waals surface area contributed by atoms with Crippen molar-refractivity contribution in [3.05, 3.63) is 46.0 Å². The van der Waals surface area contributed by atoms with Crippen molar-refractivity contribution in [2.45, 2.75) is 25.6 Å². The lowest BCUT2D eigenvalue weighted by molar-refractivity contribution is 0.187. The van der Waals surface area contributed by atoms with Crippen LogP contribution >= 0.6 is 23.6 Å². The van der Waals surface area contributed by atoms with E-state index in [1.807, 2.05) is 34.3 Å². The van der Waals surface area contributed by atoms with Crippen LogP contribution in [-0.2, 0) is 6.67 Å². The molecule has 0 amide bonds. The maximum absolute atomic E-state index is 5.62. The van der Waals surface area contributed by atoms with Gasteiger partial charge in [0.05, 0.1) is 25.8 Å². The number of rotatable bonds is 6. The number of H-pyrrole nitrogens is 1. The van der Waals surface area contributed by atoms with Crippen LogP contribution in [0.25, 0.3) is 10.7 Å². The zero-order chi connectivity index (χ0) is 18.8. The molecule has 1 fully saturated rings. The van der Waals surface area contributed by atoms with E-state index in [2.05, 4.69) is 21.0 Å². The summed E-state index contributed by atoms with van der Waals surface area (Å²) in [6.07, 6.45) is 2.22. The molecule has 0 spiro atoms. The van der Waals surface area contributed by atoms with Gasteiger partial charge in [-0.25, -0.2) is 4.68 Å². The van der Waals surface area contributed by atoms with E-state index in [4.69, 9.17) is 21.7 Å². The minimum Gasteiger partial charge on any atom is -0.497 e. The Balaban J connectivity index is 1.59. The van der Waals surface area contributed by atoms with Gasteiger partial charge in [0.15, 0.2) is 5.82 Å². The highest BCUT2D eigenvalue weighted by atomic mass is 32.1. The molecule has 0 unspecified atom stereocenters. The quantitative estimate of drug-likeness (QED) is 0.616. The van der Waals surface area contributed by atoms with Crippen LogP contribution in [0.1, 0.15) is 24.4 Å². The summed E-state index contributed by atoms with van der Waals surface area (Å²) in [6.45, 7) is 1.69. The second-order valence-corrected chi connectivity index (χ2v) is 7.79. The molecule has 3 heterocycles. The van der Waals surface area contributed by atoms with Gasteiger partial charge in [0, 0.05) is 24.2 Å². The largest absolute Gasteiger partial charge is 0.497 e. The highest BCUT2D eigenvalue weighted by Gasteiger charge is 2.29. The second-order valence-electron chi connectivity index (χ2n) is 6.48. The molecule has 1 aliphatic rings. The van der Waals surface area contributed by atoms with Crippen molar-refractivity contribution in [1.82, 2.24) is 19.7 Å². The topological polar surface area (TPSA) is 55.3 Å². The van der Waals surface area contributed by atoms with Gasteiger partial charge in [-0.05, 0) is 42.6 Å². The fourth-order valence-electron chi connectivity index (χ4n) is 3.60. The Morgan fingerprint density at radius 2 is 2.19 bits per heavy atom. The van der Waals surface area contributed by atoms with Gasteiger partial charge in [-0.15, -0.1) is 11.3 Å². The first-order valence-electron chi connectivity index (χ1n) is 8.86. The van der Waals surface area contributed by atoms with Gasteiger partial charge < -0.3 is 9.47 Å². The number of hydrogen-bond acceptors (Lipinski definition) is 6. The molecule has 1 atom stereocenters. The van der Waals surface area contributed by atoms with Crippen LogP contribution in [0.4, 0.5) is 0 Å². The molecule has 6 nitrogen and oxygen atoms in total. The lowest BCUT2D eigenvalue weighted by atomic mass is 10.0. The molecule has 0 aliphatic carbocycles. The molecule has 0 radical (unpaired) electrons. The molecule has 1 aliphatic heterocycles. The van der Waals surface area contributed by atoms with Crippen molar-refractivity contribution in [1.29, 1.82) is 0 Å². The predicted molar refractivity (Wildman–Crippen MR) is 109 cm³/mol. The van der Waals surface area contributed by atoms with Gasteiger partial charge in [-0.2, -0.15) is 4.98 Å². The third-order valence-corrected chi connectivity index (χ3v) is 6.11. The summed E-state index contributed by atoms with van der Waals surface area (Å²) in [5.41, 5.74) is 1.18. The van der Waals surface area contributed by atoms with Gasteiger partial charge in [0.25, 0.3) is 0 Å². The first-order chi connectivity index (χ1) is 13.2. The number of likely N-dealkylation sites (tertiary alicyclic amines) is 1. The third-order valence-electron chi connectivity index (χ3n) is 4.92. The number of benzene rings is 1. The number of aromatic nitrogens is 3. The Kier molecular flexibility index (Phi) is 5.29. The summed E-state index contributed by atoms with van der Waals surface area (Å²) in [4.78, 5) is 8.02. The molecule has 1 saturated heterocycles. The van der Waals surface area contributed by atoms with Gasteiger partial charge in [-0.3, -0.25) is 10.00 Å². The maximum atomic E-state index is 5.62. The lowest BCUT2D eigenvalue weighted by Gasteiger charge is -2.26. The Labute approximate surface area is 167 Å². The molecule has 0 saturated carbocycles. The number of ether oxygens (including phenoxy) is 2. The van der Waals surface area contributed by atoms with Crippen LogP contribution in [0.3, 0.4) is 0 Å². The number of thiophene rings is 1. The van der Waals surface area contributed by atoms with Crippen LogP contribution in [-0.4, -0.2) is 40.4 Å². The molecule has 3 aromatic rings. The van der Waals surface area contributed by atoms with E-state index in [-0.39, 0.29) is 6.04 Å². The van der Waals surface area contributed by atoms with Crippen molar-refractivity contribution >= 4 is 23.6 Å². The van der Waals surface area contributed by atoms with Crippen LogP contribution in [0.2, 0.25) is 0 Å². The lowest BCUT2D eigenvalue weighted by Crippen LogP contribution is -2.27. The second kappa shape index (κ2) is 7.84. The molecule has 1 aromatic carbocycles. The average Bonchev–Trinajstić information content (AvgIpc) is 3.43. The number of hydrogen-bond donors (Lipinski definition) is 1. The maximum Gasteiger partial charge on any atom is 0.217 e. The Hall–Kier alpha value is -2.16. The highest BCUT2D eigenvalue weighted by molar-refractivity contribution is 7.71. The zero-order valence-electron chi connectivity index (χ0n) is 15.3. The van der Waals surface area contributed by atoms with Crippen molar-refractivity contribution in [2.24, 2.45) is 0 Å². The smallest absolute Gasteiger partial charge is 0.217 e. The standard InChI is InChI=1S/C19H22N4O2S2/c1-24-13-7-8-14(16(11-13)25-2)15-5-3-9-22(15)12-23-19(26)20-18(21-23)17-6-4-10-27-17/h4,6-8,10-11,15H,3,5,9,12H2,1-2H3,(H,20,21,26)/t15-/m0/s1. The number of aromatic amines is 1. The molecule has 4 rings (SSSR count). The van der Waals surface area contributed by atoms with E-state index in [0.29, 0.717) is 11.4 Å². The molecular formula is C19H22N4O2S2. The van der Waals surface area contributed by atoms with Crippen molar-refractivity contribution < 1.29 is 9.47 Å². The van der Waals surface area contributed by atoms with Gasteiger partial charge >= 0.3 is 0 Å². The van der Waals surface area contributed by atoms with Crippen LogP contribution < -0.4 is 9.47 Å². The molecule has 0 bridgehead atoms. The van der Waals surface area contributed by atoms with E-state index in [1.54, 1.807) is 25.6 Å². The van der Waals surface area contributed by atoms with E-state index in [1.165, 1.54) is 5.56 Å². The average molecular weight is 403 g/mol. The summed E-state index contributed by atoms with van der Waals surface area (Å²) in [6, 6.07) is 10.4. The number of methoxy groups -OCH3 is 2. The molecule has 1 N–H and O–H groups in total. The van der Waals surface area contributed by atoms with Crippen molar-refractivity contribution in [2.75, 3.05) is 20.8 Å². The third kappa shape index (κ3) is 3.65. The molecule has 2 aromatic heterocycles. The Morgan fingerprint density at radius 3 is 2.93 bits per heavy atom. The van der Waals surface area contributed by atoms with Crippen LogP contribution in [0, 0.1) is 4.77 Å². The van der Waals surface area contributed by atoms with Gasteiger partial charge in [0.1, 0.15) is 11.5 Å². The fraction of sp³-hybridized carbons (Fsp3) is 0.368. The molecule has 8 heteroatoms. The molecule has 142 valence electrons. The van der Waals surface area contributed by atoms with E-state index < -0.39 is 0 Å². The van der Waals surface area contributed by atoms with Crippen molar-refractivity contribution in [3.63, 3.8) is 0 Å². The first kappa shape index (κ1) is 18.2. The van der Waals surface area contributed by atoms with E-state index >= 15 is 0 Å². The predicted octanol–water partition coefficient (Wildman–Crippen LogP) is 4.48. The molecule has 27 heavy (non-hydrogen) atoms. The fourth-order valence-corrected chi connectivity index (χ4v) is 4.46. The van der Waals surface area contributed by atoms with Gasteiger partial charge in [0.2, 0.25) is 4.77 Å². The summed E-state index contributed by atoms with van der Waals surface area (Å²) >= 11 is 7.13. The zero-order valence-corrected chi connectivity index (χ0v) is 17.0. The van der Waals surface area contributed by atoms with Crippen molar-refractivity contribution in [3.8, 4) is 22.2 Å². The van der Waals surface area contributed by atoms with E-state index in [0.717, 1.165) is 41.6 Å². The highest BCUT2D eigenvalue weighted by Crippen LogP contribution is 2.38. The normalized spacial score (nSPS) is 17.3. The number of nitrogens with one attached hydrogen (secondary N) is 1. The minimum absolute atomic E-state index is 0.279. The Bertz CT molecular complexity index is 965. The van der Waals surface area contributed by atoms with E-state index in [9.17, 15) is 0 Å². The van der Waals surface area contributed by atoms with Crippen LogP contribution in [0.15, 0.2) is 35.7 Å². The van der Waals surface area contributed by atoms with Crippen LogP contribution in [0.5, 0.6) is 11.5 Å². The SMILES string of the molecule is COc1ccc([C@@H]2CCCN2Cn2[nH]c(-c3cccs3)nc2=S)c(OC)c1. The molecular weight excluding hydrogens is 380 g/mol. The summed E-state index contributed by atoms with van der Waals surface area (Å²) in [7, 11) is 3.37. The minimum atomic E-state index is 0.279.